The maximum absolute atomic E-state index is 2.38. The Balaban J connectivity index is 1.68. The normalized spacial score (nSPS) is 13.7. The van der Waals surface area contributed by atoms with Crippen LogP contribution in [0.2, 0.25) is 0 Å². The molecular formula is C31H34P2. The Hall–Kier alpha value is -2.26. The molecule has 0 aliphatic rings. The molecule has 0 heterocycles. The zero-order valence-corrected chi connectivity index (χ0v) is 22.1. The predicted molar refractivity (Wildman–Crippen MR) is 151 cm³/mol. The van der Waals surface area contributed by atoms with Crippen LogP contribution in [0, 0.1) is 27.7 Å². The first-order valence-electron chi connectivity index (χ1n) is 11.8. The topological polar surface area (TPSA) is 0 Å². The maximum atomic E-state index is 2.38. The summed E-state index contributed by atoms with van der Waals surface area (Å²) in [6.07, 6.45) is 1.16. The van der Waals surface area contributed by atoms with Gasteiger partial charge in [-0.3, -0.25) is 0 Å². The van der Waals surface area contributed by atoms with Crippen molar-refractivity contribution in [1.29, 1.82) is 0 Å². The van der Waals surface area contributed by atoms with Crippen molar-refractivity contribution >= 4 is 27.8 Å². The van der Waals surface area contributed by atoms with Crippen LogP contribution in [0.5, 0.6) is 0 Å². The highest BCUT2D eigenvalue weighted by Crippen LogP contribution is 2.47. The minimum Gasteiger partial charge on any atom is -0.0827 e. The molecule has 0 bridgehead atoms. The molecule has 0 aliphatic heterocycles. The second kappa shape index (κ2) is 11.2. The Morgan fingerprint density at radius 1 is 0.485 bits per heavy atom. The van der Waals surface area contributed by atoms with Crippen molar-refractivity contribution in [1.82, 2.24) is 0 Å². The molecule has 0 saturated carbocycles. The number of hydrogen-bond donors (Lipinski definition) is 0. The molecule has 0 spiro atoms. The Bertz CT molecular complexity index is 1050. The van der Waals surface area contributed by atoms with Crippen LogP contribution < -0.4 is 10.6 Å². The fourth-order valence-corrected chi connectivity index (χ4v) is 8.39. The standard InChI is InChI=1S/C31H34P2/c1-22-15-23(2)18-28(17-22)32-30(26-11-7-5-8-12-26)21-31(27-13-9-6-10-14-27)33-29-19-24(3)16-25(4)20-29/h5-20,30-33H,21H2,1-4H3/t30-,31-/m1/s1. The smallest absolute Gasteiger partial charge is 0.00638 e. The van der Waals surface area contributed by atoms with Gasteiger partial charge in [-0.05, 0) is 55.9 Å². The van der Waals surface area contributed by atoms with E-state index in [1.165, 1.54) is 44.0 Å². The van der Waals surface area contributed by atoms with Crippen molar-refractivity contribution in [3.63, 3.8) is 0 Å². The van der Waals surface area contributed by atoms with E-state index in [1.54, 1.807) is 0 Å². The highest BCUT2D eigenvalue weighted by molar-refractivity contribution is 7.48. The van der Waals surface area contributed by atoms with Crippen molar-refractivity contribution in [2.24, 2.45) is 0 Å². The molecule has 4 atom stereocenters. The summed E-state index contributed by atoms with van der Waals surface area (Å²) in [5.74, 6) is 0. The first-order chi connectivity index (χ1) is 16.0. The highest BCUT2D eigenvalue weighted by Gasteiger charge is 2.21. The van der Waals surface area contributed by atoms with Gasteiger partial charge in [0.2, 0.25) is 0 Å². The maximum Gasteiger partial charge on any atom is 0.00638 e. The minimum atomic E-state index is 0.510. The van der Waals surface area contributed by atoms with Gasteiger partial charge in [-0.2, -0.15) is 0 Å². The van der Waals surface area contributed by atoms with Crippen molar-refractivity contribution < 1.29 is 0 Å². The summed E-state index contributed by atoms with van der Waals surface area (Å²) in [5, 5.41) is 2.95. The molecular weight excluding hydrogens is 434 g/mol. The van der Waals surface area contributed by atoms with Gasteiger partial charge in [-0.15, -0.1) is 0 Å². The molecule has 0 N–H and O–H groups in total. The average Bonchev–Trinajstić information content (AvgIpc) is 2.78. The molecule has 33 heavy (non-hydrogen) atoms. The Labute approximate surface area is 203 Å². The van der Waals surface area contributed by atoms with E-state index in [-0.39, 0.29) is 0 Å². The minimum absolute atomic E-state index is 0.510. The van der Waals surface area contributed by atoms with E-state index in [4.69, 9.17) is 0 Å². The van der Waals surface area contributed by atoms with E-state index in [9.17, 15) is 0 Å². The van der Waals surface area contributed by atoms with Gasteiger partial charge in [-0.1, -0.05) is 136 Å². The average molecular weight is 469 g/mol. The summed E-state index contributed by atoms with van der Waals surface area (Å²) in [7, 11) is 1.53. The molecule has 0 fully saturated rings. The van der Waals surface area contributed by atoms with Gasteiger partial charge in [-0.25, -0.2) is 0 Å². The number of benzene rings is 4. The van der Waals surface area contributed by atoms with Gasteiger partial charge < -0.3 is 0 Å². The van der Waals surface area contributed by atoms with Crippen molar-refractivity contribution in [3.8, 4) is 0 Å². The van der Waals surface area contributed by atoms with E-state index >= 15 is 0 Å². The lowest BCUT2D eigenvalue weighted by atomic mass is 10.0. The first-order valence-corrected chi connectivity index (χ1v) is 13.9. The monoisotopic (exact) mass is 468 g/mol. The van der Waals surface area contributed by atoms with E-state index < -0.39 is 0 Å². The van der Waals surface area contributed by atoms with Crippen LogP contribution in [0.15, 0.2) is 97.1 Å². The van der Waals surface area contributed by atoms with Crippen LogP contribution in [0.4, 0.5) is 0 Å². The lowest BCUT2D eigenvalue weighted by molar-refractivity contribution is 0.781. The van der Waals surface area contributed by atoms with Crippen molar-refractivity contribution in [2.75, 3.05) is 0 Å². The van der Waals surface area contributed by atoms with Crippen LogP contribution in [-0.4, -0.2) is 0 Å². The molecule has 168 valence electrons. The van der Waals surface area contributed by atoms with Crippen LogP contribution in [-0.2, 0) is 0 Å². The molecule has 4 rings (SSSR count). The van der Waals surface area contributed by atoms with E-state index in [0.29, 0.717) is 11.3 Å². The van der Waals surface area contributed by atoms with Gasteiger partial charge in [0.05, 0.1) is 0 Å². The lowest BCUT2D eigenvalue weighted by Crippen LogP contribution is -2.08. The molecule has 0 saturated heterocycles. The summed E-state index contributed by atoms with van der Waals surface area (Å²) in [4.78, 5) is 0. The van der Waals surface area contributed by atoms with E-state index in [0.717, 1.165) is 23.6 Å². The third-order valence-electron chi connectivity index (χ3n) is 6.00. The predicted octanol–water partition coefficient (Wildman–Crippen LogP) is 8.10. The van der Waals surface area contributed by atoms with Crippen LogP contribution in [0.3, 0.4) is 0 Å². The molecule has 2 heteroatoms. The zero-order chi connectivity index (χ0) is 23.2. The molecule has 4 aromatic carbocycles. The zero-order valence-electron chi connectivity index (χ0n) is 20.1. The second-order valence-corrected chi connectivity index (χ2v) is 12.3. The molecule has 0 radical (unpaired) electrons. The Kier molecular flexibility index (Phi) is 8.14. The fourth-order valence-electron chi connectivity index (χ4n) is 4.68. The molecule has 0 aromatic heterocycles. The van der Waals surface area contributed by atoms with Crippen molar-refractivity contribution in [2.45, 2.75) is 45.4 Å². The van der Waals surface area contributed by atoms with Gasteiger partial charge in [0, 0.05) is 11.3 Å². The third kappa shape index (κ3) is 6.86. The number of aryl methyl sites for hydroxylation is 4. The van der Waals surface area contributed by atoms with Crippen LogP contribution >= 0.6 is 17.2 Å². The van der Waals surface area contributed by atoms with Crippen molar-refractivity contribution in [3.05, 3.63) is 130 Å². The Morgan fingerprint density at radius 3 is 1.15 bits per heavy atom. The van der Waals surface area contributed by atoms with E-state index in [1.807, 2.05) is 0 Å². The summed E-state index contributed by atoms with van der Waals surface area (Å²) >= 11 is 0. The summed E-state index contributed by atoms with van der Waals surface area (Å²) in [5.41, 5.74) is 9.39. The molecule has 4 aromatic rings. The SMILES string of the molecule is Cc1cc(C)cc(P[C@H](C[C@@H](Pc2cc(C)cc(C)c2)c2ccccc2)c2ccccc2)c1. The molecule has 2 unspecified atom stereocenters. The van der Waals surface area contributed by atoms with Crippen LogP contribution in [0.25, 0.3) is 0 Å². The highest BCUT2D eigenvalue weighted by atomic mass is 31.1. The number of rotatable bonds is 8. The van der Waals surface area contributed by atoms with Crippen LogP contribution in [0.1, 0.15) is 51.1 Å². The van der Waals surface area contributed by atoms with E-state index in [2.05, 4.69) is 125 Å². The quantitative estimate of drug-likeness (QED) is 0.229. The van der Waals surface area contributed by atoms with Gasteiger partial charge in [0.25, 0.3) is 0 Å². The lowest BCUT2D eigenvalue weighted by Gasteiger charge is -2.26. The molecule has 0 aliphatic carbocycles. The fraction of sp³-hybridized carbons (Fsp3) is 0.226. The third-order valence-corrected chi connectivity index (χ3v) is 9.08. The van der Waals surface area contributed by atoms with Gasteiger partial charge in [0.15, 0.2) is 0 Å². The summed E-state index contributed by atoms with van der Waals surface area (Å²) in [6, 6.07) is 36.4. The largest absolute Gasteiger partial charge is 0.0827 e. The summed E-state index contributed by atoms with van der Waals surface area (Å²) in [6.45, 7) is 8.86. The number of hydrogen-bond acceptors (Lipinski definition) is 0. The van der Waals surface area contributed by atoms with Gasteiger partial charge >= 0.3 is 0 Å². The molecule has 0 amide bonds. The second-order valence-electron chi connectivity index (χ2n) is 9.20. The first kappa shape index (κ1) is 23.9. The summed E-state index contributed by atoms with van der Waals surface area (Å²) < 4.78 is 0. The van der Waals surface area contributed by atoms with Gasteiger partial charge in [0.1, 0.15) is 0 Å². The Morgan fingerprint density at radius 2 is 0.818 bits per heavy atom. The molecule has 0 nitrogen and oxygen atoms in total.